The number of benzene rings is 1. The van der Waals surface area contributed by atoms with E-state index in [1.54, 1.807) is 18.2 Å². The van der Waals surface area contributed by atoms with E-state index in [1.165, 1.54) is 7.11 Å². The molecular formula is C27H37IN2O7. The molecule has 2 aliphatic carbocycles. The van der Waals surface area contributed by atoms with Crippen molar-refractivity contribution in [1.82, 2.24) is 10.2 Å². The first kappa shape index (κ1) is 29.4. The average molecular weight is 629 g/mol. The first-order chi connectivity index (χ1) is 17.8. The van der Waals surface area contributed by atoms with E-state index in [2.05, 4.69) is 5.32 Å². The van der Waals surface area contributed by atoms with Crippen LogP contribution in [-0.4, -0.2) is 77.8 Å². The first-order valence-corrected chi connectivity index (χ1v) is 14.0. The van der Waals surface area contributed by atoms with Gasteiger partial charge >= 0.3 is 0 Å². The molecule has 1 aromatic rings. The summed E-state index contributed by atoms with van der Waals surface area (Å²) in [4.78, 5) is 39.5. The quantitative estimate of drug-likeness (QED) is 0.240. The fourth-order valence-corrected chi connectivity index (χ4v) is 5.86. The van der Waals surface area contributed by atoms with Crippen LogP contribution in [0.5, 0.6) is 11.5 Å². The number of hydrogen-bond acceptors (Lipinski definition) is 7. The molecule has 0 radical (unpaired) electrons. The highest BCUT2D eigenvalue weighted by Gasteiger charge is 2.43. The van der Waals surface area contributed by atoms with Gasteiger partial charge in [-0.2, -0.15) is 0 Å². The molecule has 0 aromatic heterocycles. The number of carbonyl (C=O) groups is 3. The number of unbranched alkanes of at least 4 members (excludes halogenated alkanes) is 1. The number of aliphatic hydroxyl groups is 2. The van der Waals surface area contributed by atoms with Crippen molar-refractivity contribution in [2.24, 2.45) is 0 Å². The lowest BCUT2D eigenvalue weighted by Gasteiger charge is -2.43. The minimum atomic E-state index is -1.09. The van der Waals surface area contributed by atoms with E-state index in [9.17, 15) is 24.6 Å². The SMILES string of the molecule is CCCCC(=O)N(C1CCCC1)C1CC(C(=O)NCCO)=CC(Oc2c(I)cc(C=O)cc2OC)C1O. The summed E-state index contributed by atoms with van der Waals surface area (Å²) in [6.07, 6.45) is 6.23. The molecule has 1 aromatic carbocycles. The van der Waals surface area contributed by atoms with Gasteiger partial charge in [-0.15, -0.1) is 0 Å². The molecule has 0 heterocycles. The predicted octanol–water partition coefficient (Wildman–Crippen LogP) is 2.99. The maximum absolute atomic E-state index is 13.4. The van der Waals surface area contributed by atoms with Gasteiger partial charge in [-0.25, -0.2) is 0 Å². The summed E-state index contributed by atoms with van der Waals surface area (Å²) in [5, 5.41) is 23.5. The van der Waals surface area contributed by atoms with Gasteiger partial charge in [0.05, 0.1) is 23.3 Å². The third-order valence-corrected chi connectivity index (χ3v) is 7.76. The number of nitrogens with one attached hydrogen (secondary N) is 1. The van der Waals surface area contributed by atoms with E-state index in [4.69, 9.17) is 9.47 Å². The molecule has 1 fully saturated rings. The van der Waals surface area contributed by atoms with Crippen LogP contribution in [0.2, 0.25) is 0 Å². The van der Waals surface area contributed by atoms with Crippen molar-refractivity contribution < 1.29 is 34.1 Å². The number of methoxy groups -OCH3 is 1. The molecule has 10 heteroatoms. The zero-order chi connectivity index (χ0) is 26.9. The molecule has 3 rings (SSSR count). The Bertz CT molecular complexity index is 993. The molecular weight excluding hydrogens is 591 g/mol. The topological polar surface area (TPSA) is 125 Å². The lowest BCUT2D eigenvalue weighted by molar-refractivity contribution is -0.142. The van der Waals surface area contributed by atoms with Crippen molar-refractivity contribution in [2.45, 2.75) is 82.6 Å². The van der Waals surface area contributed by atoms with Gasteiger partial charge in [-0.05, 0) is 60.1 Å². The largest absolute Gasteiger partial charge is 0.493 e. The van der Waals surface area contributed by atoms with Crippen LogP contribution in [0.25, 0.3) is 0 Å². The monoisotopic (exact) mass is 628 g/mol. The Hall–Kier alpha value is -2.18. The van der Waals surface area contributed by atoms with E-state index < -0.39 is 18.2 Å². The van der Waals surface area contributed by atoms with Gasteiger partial charge in [-0.1, -0.05) is 26.2 Å². The number of hydrogen-bond donors (Lipinski definition) is 3. The Morgan fingerprint density at radius 2 is 2.00 bits per heavy atom. The summed E-state index contributed by atoms with van der Waals surface area (Å²) in [6, 6.07) is 2.56. The van der Waals surface area contributed by atoms with Gasteiger partial charge in [0.1, 0.15) is 18.5 Å². The second-order valence-electron chi connectivity index (χ2n) is 9.51. The maximum atomic E-state index is 13.4. The maximum Gasteiger partial charge on any atom is 0.247 e. The normalized spacial score (nSPS) is 21.8. The van der Waals surface area contributed by atoms with Crippen LogP contribution in [0, 0.1) is 3.57 Å². The molecule has 2 aliphatic rings. The molecule has 2 amide bonds. The molecule has 1 saturated carbocycles. The van der Waals surface area contributed by atoms with E-state index >= 15 is 0 Å². The van der Waals surface area contributed by atoms with Crippen molar-refractivity contribution in [2.75, 3.05) is 20.3 Å². The van der Waals surface area contributed by atoms with Gasteiger partial charge in [0.2, 0.25) is 11.8 Å². The van der Waals surface area contributed by atoms with Crippen molar-refractivity contribution >= 4 is 40.7 Å². The van der Waals surface area contributed by atoms with Gasteiger partial charge in [-0.3, -0.25) is 14.4 Å². The van der Waals surface area contributed by atoms with Gasteiger partial charge in [0.25, 0.3) is 0 Å². The molecule has 9 nitrogen and oxygen atoms in total. The number of carbonyl (C=O) groups excluding carboxylic acids is 3. The summed E-state index contributed by atoms with van der Waals surface area (Å²) in [6.45, 7) is 1.92. The molecule has 0 saturated heterocycles. The van der Waals surface area contributed by atoms with Crippen molar-refractivity contribution in [3.05, 3.63) is 32.9 Å². The smallest absolute Gasteiger partial charge is 0.247 e. The molecule has 204 valence electrons. The van der Waals surface area contributed by atoms with Crippen molar-refractivity contribution in [1.29, 1.82) is 0 Å². The highest BCUT2D eigenvalue weighted by Crippen LogP contribution is 2.38. The zero-order valence-corrected chi connectivity index (χ0v) is 23.6. The van der Waals surface area contributed by atoms with E-state index in [1.807, 2.05) is 34.4 Å². The summed E-state index contributed by atoms with van der Waals surface area (Å²) < 4.78 is 12.3. The lowest BCUT2D eigenvalue weighted by Crippen LogP contribution is -2.57. The minimum Gasteiger partial charge on any atom is -0.493 e. The molecule has 3 atom stereocenters. The number of aldehydes is 1. The fourth-order valence-electron chi connectivity index (χ4n) is 5.11. The van der Waals surface area contributed by atoms with Crippen molar-refractivity contribution in [3.8, 4) is 11.5 Å². The van der Waals surface area contributed by atoms with Crippen LogP contribution in [-0.2, 0) is 9.59 Å². The third kappa shape index (κ3) is 7.23. The number of nitrogens with zero attached hydrogens (tertiary/aromatic N) is 1. The van der Waals surface area contributed by atoms with Crippen LogP contribution in [0.3, 0.4) is 0 Å². The predicted molar refractivity (Wildman–Crippen MR) is 147 cm³/mol. The molecule has 3 unspecified atom stereocenters. The first-order valence-electron chi connectivity index (χ1n) is 12.9. The van der Waals surface area contributed by atoms with E-state index in [0.29, 0.717) is 38.9 Å². The lowest BCUT2D eigenvalue weighted by atomic mass is 9.87. The fraction of sp³-hybridized carbons (Fsp3) is 0.593. The Labute approximate surface area is 231 Å². The number of amides is 2. The van der Waals surface area contributed by atoms with Gasteiger partial charge in [0, 0.05) is 36.6 Å². The molecule has 0 spiro atoms. The Kier molecular flexibility index (Phi) is 11.2. The van der Waals surface area contributed by atoms with Crippen LogP contribution in [0.15, 0.2) is 23.8 Å². The summed E-state index contributed by atoms with van der Waals surface area (Å²) >= 11 is 2.04. The van der Waals surface area contributed by atoms with E-state index in [-0.39, 0.29) is 37.4 Å². The van der Waals surface area contributed by atoms with Gasteiger partial charge in [0.15, 0.2) is 11.5 Å². The Morgan fingerprint density at radius 3 is 2.62 bits per heavy atom. The zero-order valence-electron chi connectivity index (χ0n) is 21.5. The average Bonchev–Trinajstić information content (AvgIpc) is 3.43. The molecule has 0 aliphatic heterocycles. The van der Waals surface area contributed by atoms with Gasteiger partial charge < -0.3 is 29.9 Å². The van der Waals surface area contributed by atoms with Crippen LogP contribution >= 0.6 is 22.6 Å². The minimum absolute atomic E-state index is 0.00561. The van der Waals surface area contributed by atoms with Crippen LogP contribution < -0.4 is 14.8 Å². The number of halogens is 1. The second-order valence-corrected chi connectivity index (χ2v) is 10.7. The third-order valence-electron chi connectivity index (χ3n) is 6.96. The second kappa shape index (κ2) is 14.1. The van der Waals surface area contributed by atoms with Crippen LogP contribution in [0.4, 0.5) is 0 Å². The molecule has 37 heavy (non-hydrogen) atoms. The number of rotatable bonds is 12. The van der Waals surface area contributed by atoms with Crippen molar-refractivity contribution in [3.63, 3.8) is 0 Å². The summed E-state index contributed by atoms with van der Waals surface area (Å²) in [5.74, 6) is 0.283. The number of ether oxygens (including phenoxy) is 2. The van der Waals surface area contributed by atoms with Crippen LogP contribution in [0.1, 0.15) is 68.6 Å². The highest BCUT2D eigenvalue weighted by atomic mass is 127. The molecule has 3 N–H and O–H groups in total. The summed E-state index contributed by atoms with van der Waals surface area (Å²) in [7, 11) is 1.46. The molecule has 0 bridgehead atoms. The summed E-state index contributed by atoms with van der Waals surface area (Å²) in [5.41, 5.74) is 0.808. The number of aliphatic hydroxyl groups excluding tert-OH is 2. The Morgan fingerprint density at radius 1 is 1.27 bits per heavy atom. The Balaban J connectivity index is 2.00. The van der Waals surface area contributed by atoms with E-state index in [0.717, 1.165) is 38.5 Å². The standard InChI is InChI=1S/C27H37IN2O7/c1-3-4-9-24(33)30(19-7-5-6-8-19)21-14-18(27(35)29-10-11-31)15-22(25(21)34)37-26-20(28)12-17(16-32)13-23(26)36-2/h12-13,15-16,19,21-22,25,31,34H,3-11,14H2,1-2H3,(H,29,35). The highest BCUT2D eigenvalue weighted by molar-refractivity contribution is 14.1.